The molecule has 0 aliphatic heterocycles. The highest BCUT2D eigenvalue weighted by atomic mass is 32.2. The van der Waals surface area contributed by atoms with Crippen LogP contribution in [0.1, 0.15) is 28.4 Å². The summed E-state index contributed by atoms with van der Waals surface area (Å²) in [5.74, 6) is -1.62. The SMILES string of the molecule is CC(=O)[C@@H](Cc1ccccc1)NC(=O)COC(=O)c1ccc(CS(C)(=O)=O)cc1. The van der Waals surface area contributed by atoms with Gasteiger partial charge in [-0.15, -0.1) is 0 Å². The molecule has 0 bridgehead atoms. The first-order chi connectivity index (χ1) is 13.6. The van der Waals surface area contributed by atoms with E-state index in [2.05, 4.69) is 5.32 Å². The van der Waals surface area contributed by atoms with Gasteiger partial charge in [-0.1, -0.05) is 42.5 Å². The normalized spacial score (nSPS) is 12.1. The van der Waals surface area contributed by atoms with Crippen LogP contribution in [-0.4, -0.2) is 45.0 Å². The van der Waals surface area contributed by atoms with Crippen LogP contribution in [-0.2, 0) is 36.3 Å². The molecule has 7 nitrogen and oxygen atoms in total. The fourth-order valence-electron chi connectivity index (χ4n) is 2.64. The molecular formula is C21H23NO6S. The van der Waals surface area contributed by atoms with Crippen molar-refractivity contribution < 1.29 is 27.5 Å². The number of ketones is 1. The molecule has 0 aliphatic rings. The van der Waals surface area contributed by atoms with E-state index >= 15 is 0 Å². The molecule has 0 radical (unpaired) electrons. The Morgan fingerprint density at radius 3 is 2.14 bits per heavy atom. The number of sulfone groups is 1. The summed E-state index contributed by atoms with van der Waals surface area (Å²) in [4.78, 5) is 36.0. The van der Waals surface area contributed by atoms with Gasteiger partial charge >= 0.3 is 5.97 Å². The van der Waals surface area contributed by atoms with E-state index in [9.17, 15) is 22.8 Å². The lowest BCUT2D eigenvalue weighted by Crippen LogP contribution is -2.43. The Bertz CT molecular complexity index is 968. The second-order valence-corrected chi connectivity index (χ2v) is 8.90. The Morgan fingerprint density at radius 2 is 1.59 bits per heavy atom. The summed E-state index contributed by atoms with van der Waals surface area (Å²) in [7, 11) is -3.17. The van der Waals surface area contributed by atoms with E-state index in [1.807, 2.05) is 30.3 Å². The fraction of sp³-hybridized carbons (Fsp3) is 0.286. The average Bonchev–Trinajstić information content (AvgIpc) is 2.65. The number of rotatable bonds is 9. The number of hydrogen-bond donors (Lipinski definition) is 1. The van der Waals surface area contributed by atoms with Crippen LogP contribution in [0.5, 0.6) is 0 Å². The quantitative estimate of drug-likeness (QED) is 0.623. The lowest BCUT2D eigenvalue weighted by Gasteiger charge is -2.16. The van der Waals surface area contributed by atoms with Gasteiger partial charge in [0.2, 0.25) is 0 Å². The maximum Gasteiger partial charge on any atom is 0.338 e. The van der Waals surface area contributed by atoms with Crippen LogP contribution in [0.3, 0.4) is 0 Å². The van der Waals surface area contributed by atoms with Gasteiger partial charge in [-0.2, -0.15) is 0 Å². The Balaban J connectivity index is 1.88. The van der Waals surface area contributed by atoms with Gasteiger partial charge in [-0.25, -0.2) is 13.2 Å². The molecule has 0 fully saturated rings. The van der Waals surface area contributed by atoms with Crippen LogP contribution in [0.2, 0.25) is 0 Å². The van der Waals surface area contributed by atoms with Crippen LogP contribution >= 0.6 is 0 Å². The van der Waals surface area contributed by atoms with Gasteiger partial charge < -0.3 is 10.1 Å². The van der Waals surface area contributed by atoms with Crippen LogP contribution in [0.15, 0.2) is 54.6 Å². The molecule has 0 aromatic heterocycles. The molecule has 2 rings (SSSR count). The van der Waals surface area contributed by atoms with Gasteiger partial charge in [0.1, 0.15) is 0 Å². The number of amides is 1. The fourth-order valence-corrected chi connectivity index (χ4v) is 3.43. The second kappa shape index (κ2) is 9.97. The first kappa shape index (κ1) is 22.3. The van der Waals surface area contributed by atoms with E-state index in [1.165, 1.54) is 31.2 Å². The number of carbonyl (C=O) groups is 3. The van der Waals surface area contributed by atoms with Gasteiger partial charge in [0.05, 0.1) is 17.4 Å². The minimum atomic E-state index is -3.17. The molecule has 0 saturated carbocycles. The lowest BCUT2D eigenvalue weighted by molar-refractivity contribution is -0.128. The molecule has 0 spiro atoms. The molecular weight excluding hydrogens is 394 g/mol. The summed E-state index contributed by atoms with van der Waals surface area (Å²) < 4.78 is 27.6. The van der Waals surface area contributed by atoms with Crippen LogP contribution < -0.4 is 5.32 Å². The van der Waals surface area contributed by atoms with Crippen LogP contribution in [0.25, 0.3) is 0 Å². The zero-order valence-electron chi connectivity index (χ0n) is 16.3. The van der Waals surface area contributed by atoms with E-state index in [4.69, 9.17) is 4.74 Å². The van der Waals surface area contributed by atoms with Crippen molar-refractivity contribution in [1.29, 1.82) is 0 Å². The summed E-state index contributed by atoms with van der Waals surface area (Å²) in [6.45, 7) is 0.862. The third-order valence-electron chi connectivity index (χ3n) is 4.06. The Labute approximate surface area is 170 Å². The van der Waals surface area contributed by atoms with Crippen molar-refractivity contribution in [2.45, 2.75) is 25.1 Å². The van der Waals surface area contributed by atoms with E-state index in [1.54, 1.807) is 0 Å². The van der Waals surface area contributed by atoms with Gasteiger partial charge in [0.25, 0.3) is 5.91 Å². The molecule has 1 amide bonds. The van der Waals surface area contributed by atoms with Gasteiger partial charge in [0, 0.05) is 6.26 Å². The molecule has 0 aliphatic carbocycles. The molecule has 0 unspecified atom stereocenters. The standard InChI is InChI=1S/C21H23NO6S/c1-15(23)19(12-16-6-4-3-5-7-16)22-20(24)13-28-21(25)18-10-8-17(9-11-18)14-29(2,26)27/h3-11,19H,12-14H2,1-2H3,(H,22,24)/t19-/m1/s1. The minimum absolute atomic E-state index is 0.126. The number of esters is 1. The molecule has 0 heterocycles. The third kappa shape index (κ3) is 7.87. The molecule has 2 aromatic carbocycles. The molecule has 154 valence electrons. The molecule has 0 saturated heterocycles. The zero-order chi connectivity index (χ0) is 21.4. The first-order valence-electron chi connectivity index (χ1n) is 8.91. The topological polar surface area (TPSA) is 107 Å². The van der Waals surface area contributed by atoms with Crippen LogP contribution in [0, 0.1) is 0 Å². The van der Waals surface area contributed by atoms with Gasteiger partial charge in [-0.05, 0) is 36.6 Å². The maximum absolute atomic E-state index is 12.1. The van der Waals surface area contributed by atoms with Crippen molar-refractivity contribution in [3.8, 4) is 0 Å². The van der Waals surface area contributed by atoms with Crippen molar-refractivity contribution in [1.82, 2.24) is 5.32 Å². The van der Waals surface area contributed by atoms with Crippen molar-refractivity contribution >= 4 is 27.5 Å². The third-order valence-corrected chi connectivity index (χ3v) is 4.92. The molecule has 29 heavy (non-hydrogen) atoms. The summed E-state index contributed by atoms with van der Waals surface area (Å²) in [5.41, 5.74) is 1.65. The van der Waals surface area contributed by atoms with Crippen molar-refractivity contribution in [3.63, 3.8) is 0 Å². The van der Waals surface area contributed by atoms with Gasteiger partial charge in [0.15, 0.2) is 22.2 Å². The first-order valence-corrected chi connectivity index (χ1v) is 11.0. The molecule has 8 heteroatoms. The average molecular weight is 417 g/mol. The molecule has 1 N–H and O–H groups in total. The molecule has 2 aromatic rings. The molecule has 1 atom stereocenters. The highest BCUT2D eigenvalue weighted by Gasteiger charge is 2.19. The summed E-state index contributed by atoms with van der Waals surface area (Å²) in [6, 6.07) is 14.5. The van der Waals surface area contributed by atoms with Crippen molar-refractivity contribution in [3.05, 3.63) is 71.3 Å². The van der Waals surface area contributed by atoms with Crippen LogP contribution in [0.4, 0.5) is 0 Å². The minimum Gasteiger partial charge on any atom is -0.452 e. The summed E-state index contributed by atoms with van der Waals surface area (Å²) in [5, 5.41) is 2.57. The number of carbonyl (C=O) groups excluding carboxylic acids is 3. The lowest BCUT2D eigenvalue weighted by atomic mass is 10.0. The zero-order valence-corrected chi connectivity index (χ0v) is 17.1. The number of nitrogens with one attached hydrogen (secondary N) is 1. The smallest absolute Gasteiger partial charge is 0.338 e. The van der Waals surface area contributed by atoms with E-state index < -0.39 is 34.4 Å². The largest absolute Gasteiger partial charge is 0.452 e. The predicted molar refractivity (Wildman–Crippen MR) is 108 cm³/mol. The summed E-state index contributed by atoms with van der Waals surface area (Å²) in [6.07, 6.45) is 1.47. The number of ether oxygens (including phenoxy) is 1. The van der Waals surface area contributed by atoms with E-state index in [0.717, 1.165) is 11.8 Å². The van der Waals surface area contributed by atoms with E-state index in [-0.39, 0.29) is 17.1 Å². The maximum atomic E-state index is 12.1. The highest BCUT2D eigenvalue weighted by molar-refractivity contribution is 7.89. The second-order valence-electron chi connectivity index (χ2n) is 6.76. The summed E-state index contributed by atoms with van der Waals surface area (Å²) >= 11 is 0. The Kier molecular flexibility index (Phi) is 7.67. The highest BCUT2D eigenvalue weighted by Crippen LogP contribution is 2.09. The monoisotopic (exact) mass is 417 g/mol. The number of benzene rings is 2. The Hall–Kier alpha value is -3.00. The van der Waals surface area contributed by atoms with Crippen molar-refractivity contribution in [2.24, 2.45) is 0 Å². The van der Waals surface area contributed by atoms with Gasteiger partial charge in [-0.3, -0.25) is 9.59 Å². The van der Waals surface area contributed by atoms with Crippen molar-refractivity contribution in [2.75, 3.05) is 12.9 Å². The van der Waals surface area contributed by atoms with E-state index in [0.29, 0.717) is 12.0 Å². The number of hydrogen-bond acceptors (Lipinski definition) is 6. The predicted octanol–water partition coefficient (Wildman–Crippen LogP) is 1.70. The number of Topliss-reactive ketones (excluding diaryl/α,β-unsaturated/α-hetero) is 1. The Morgan fingerprint density at radius 1 is 0.966 bits per heavy atom.